The second-order valence-electron chi connectivity index (χ2n) is 7.61. The first-order chi connectivity index (χ1) is 14.6. The average molecular weight is 401 g/mol. The summed E-state index contributed by atoms with van der Waals surface area (Å²) in [5, 5.41) is 0. The summed E-state index contributed by atoms with van der Waals surface area (Å²) in [7, 11) is 0. The lowest BCUT2D eigenvalue weighted by Gasteiger charge is -2.30. The Morgan fingerprint density at radius 1 is 1.10 bits per heavy atom. The van der Waals surface area contributed by atoms with E-state index < -0.39 is 0 Å². The van der Waals surface area contributed by atoms with Crippen LogP contribution in [-0.4, -0.2) is 17.4 Å². The van der Waals surface area contributed by atoms with Gasteiger partial charge in [-0.25, -0.2) is 4.39 Å². The molecule has 0 saturated heterocycles. The van der Waals surface area contributed by atoms with Gasteiger partial charge in [0, 0.05) is 13.1 Å². The van der Waals surface area contributed by atoms with Gasteiger partial charge in [-0.3, -0.25) is 9.69 Å². The normalized spacial score (nSPS) is 16.7. The van der Waals surface area contributed by atoms with Gasteiger partial charge in [0.1, 0.15) is 24.0 Å². The van der Waals surface area contributed by atoms with E-state index in [2.05, 4.69) is 17.0 Å². The first-order valence-corrected chi connectivity index (χ1v) is 9.84. The highest BCUT2D eigenvalue weighted by atomic mass is 19.1. The van der Waals surface area contributed by atoms with E-state index in [1.54, 1.807) is 18.2 Å². The third-order valence-electron chi connectivity index (χ3n) is 5.40. The molecule has 2 aliphatic heterocycles. The summed E-state index contributed by atoms with van der Waals surface area (Å²) in [5.74, 6) is 1.09. The number of hydrogen-bond donors (Lipinski definition) is 0. The number of hydrogen-bond acceptors (Lipinski definition) is 4. The summed E-state index contributed by atoms with van der Waals surface area (Å²) in [5.41, 5.74) is 4.19. The van der Waals surface area contributed by atoms with Crippen LogP contribution in [0.2, 0.25) is 0 Å². The zero-order chi connectivity index (χ0) is 20.7. The van der Waals surface area contributed by atoms with Crippen LogP contribution in [0.4, 0.5) is 4.39 Å². The van der Waals surface area contributed by atoms with Crippen molar-refractivity contribution in [3.05, 3.63) is 100 Å². The molecule has 0 spiro atoms. The Kier molecular flexibility index (Phi) is 4.60. The number of nitrogens with zero attached hydrogens (tertiary/aromatic N) is 1. The number of ether oxygens (including phenoxy) is 2. The van der Waals surface area contributed by atoms with Crippen molar-refractivity contribution >= 4 is 11.9 Å². The number of rotatable bonds is 3. The SMILES string of the molecule is Cc1cc2c(c3c1C(=O)/C(=C/c1ccc(F)cc1)O3)CN(Cc1ccccc1)CO2. The largest absolute Gasteiger partial charge is 0.478 e. The number of allylic oxidation sites excluding steroid dienone is 1. The maximum atomic E-state index is 13.2. The number of benzene rings is 3. The molecule has 5 heteroatoms. The quantitative estimate of drug-likeness (QED) is 0.572. The van der Waals surface area contributed by atoms with E-state index in [4.69, 9.17) is 9.47 Å². The van der Waals surface area contributed by atoms with Crippen molar-refractivity contribution < 1.29 is 18.7 Å². The monoisotopic (exact) mass is 401 g/mol. The zero-order valence-corrected chi connectivity index (χ0v) is 16.5. The fourth-order valence-corrected chi connectivity index (χ4v) is 3.93. The van der Waals surface area contributed by atoms with Crippen molar-refractivity contribution in [2.24, 2.45) is 0 Å². The smallest absolute Gasteiger partial charge is 0.232 e. The lowest BCUT2D eigenvalue weighted by Crippen LogP contribution is -2.31. The van der Waals surface area contributed by atoms with Gasteiger partial charge in [0.25, 0.3) is 0 Å². The highest BCUT2D eigenvalue weighted by molar-refractivity contribution is 6.15. The molecule has 3 aromatic carbocycles. The fourth-order valence-electron chi connectivity index (χ4n) is 3.93. The van der Waals surface area contributed by atoms with Gasteiger partial charge in [-0.2, -0.15) is 0 Å². The molecule has 0 unspecified atom stereocenters. The van der Waals surface area contributed by atoms with Crippen LogP contribution >= 0.6 is 0 Å². The Morgan fingerprint density at radius 3 is 2.63 bits per heavy atom. The minimum Gasteiger partial charge on any atom is -0.478 e. The molecule has 0 aromatic heterocycles. The van der Waals surface area contributed by atoms with Crippen LogP contribution < -0.4 is 9.47 Å². The Balaban J connectivity index is 1.47. The summed E-state index contributed by atoms with van der Waals surface area (Å²) in [6.45, 7) is 3.74. The maximum absolute atomic E-state index is 13.2. The number of carbonyl (C=O) groups is 1. The molecule has 0 radical (unpaired) electrons. The van der Waals surface area contributed by atoms with Gasteiger partial charge >= 0.3 is 0 Å². The van der Waals surface area contributed by atoms with Crippen molar-refractivity contribution in [1.82, 2.24) is 4.90 Å². The first kappa shape index (κ1) is 18.6. The van der Waals surface area contributed by atoms with Crippen LogP contribution in [0.5, 0.6) is 11.5 Å². The van der Waals surface area contributed by atoms with Gasteiger partial charge in [-0.15, -0.1) is 0 Å². The van der Waals surface area contributed by atoms with Crippen LogP contribution in [0, 0.1) is 12.7 Å². The average Bonchev–Trinajstić information content (AvgIpc) is 3.08. The molecule has 5 rings (SSSR count). The minimum atomic E-state index is -0.320. The van der Waals surface area contributed by atoms with Crippen molar-refractivity contribution in [1.29, 1.82) is 0 Å². The number of Topliss-reactive ketones (excluding diaryl/α,β-unsaturated/α-hetero) is 1. The number of ketones is 1. The van der Waals surface area contributed by atoms with E-state index in [1.807, 2.05) is 31.2 Å². The molecule has 2 heterocycles. The predicted octanol–water partition coefficient (Wildman–Crippen LogP) is 5.10. The van der Waals surface area contributed by atoms with Crippen LogP contribution in [0.1, 0.15) is 32.6 Å². The van der Waals surface area contributed by atoms with Crippen LogP contribution in [0.25, 0.3) is 6.08 Å². The van der Waals surface area contributed by atoms with E-state index in [0.717, 1.165) is 23.4 Å². The van der Waals surface area contributed by atoms with E-state index >= 15 is 0 Å². The van der Waals surface area contributed by atoms with Crippen molar-refractivity contribution in [3.8, 4) is 11.5 Å². The fraction of sp³-hybridized carbons (Fsp3) is 0.160. The highest BCUT2D eigenvalue weighted by Crippen LogP contribution is 2.44. The van der Waals surface area contributed by atoms with Gasteiger partial charge in [0.15, 0.2) is 5.76 Å². The Morgan fingerprint density at radius 2 is 1.87 bits per heavy atom. The molecule has 30 heavy (non-hydrogen) atoms. The highest BCUT2D eigenvalue weighted by Gasteiger charge is 2.35. The van der Waals surface area contributed by atoms with Gasteiger partial charge in [-0.1, -0.05) is 42.5 Å². The van der Waals surface area contributed by atoms with E-state index in [0.29, 0.717) is 30.2 Å². The maximum Gasteiger partial charge on any atom is 0.232 e. The first-order valence-electron chi connectivity index (χ1n) is 9.84. The molecule has 150 valence electrons. The molecular weight excluding hydrogens is 381 g/mol. The molecule has 0 atom stereocenters. The third-order valence-corrected chi connectivity index (χ3v) is 5.40. The lowest BCUT2D eigenvalue weighted by molar-refractivity contribution is 0.0872. The van der Waals surface area contributed by atoms with E-state index in [-0.39, 0.29) is 17.4 Å². The van der Waals surface area contributed by atoms with Gasteiger partial charge in [0.05, 0.1) is 11.1 Å². The zero-order valence-electron chi connectivity index (χ0n) is 16.5. The molecule has 0 aliphatic carbocycles. The molecule has 2 aliphatic rings. The standard InChI is InChI=1S/C25H20FNO3/c1-16-11-21-20(14-27(15-29-21)13-18-5-3-2-4-6-18)25-23(16)24(28)22(30-25)12-17-7-9-19(26)10-8-17/h2-12H,13-15H2,1H3/b22-12-. The van der Waals surface area contributed by atoms with Crippen molar-refractivity contribution in [2.45, 2.75) is 20.0 Å². The minimum absolute atomic E-state index is 0.158. The summed E-state index contributed by atoms with van der Waals surface area (Å²) >= 11 is 0. The van der Waals surface area contributed by atoms with E-state index in [1.165, 1.54) is 17.7 Å². The third kappa shape index (κ3) is 3.37. The van der Waals surface area contributed by atoms with Crippen LogP contribution in [0.3, 0.4) is 0 Å². The van der Waals surface area contributed by atoms with E-state index in [9.17, 15) is 9.18 Å². The number of fused-ring (bicyclic) bond motifs is 3. The summed E-state index contributed by atoms with van der Waals surface area (Å²) in [6, 6.07) is 18.1. The van der Waals surface area contributed by atoms with Gasteiger partial charge < -0.3 is 9.47 Å². The summed E-state index contributed by atoms with van der Waals surface area (Å²) < 4.78 is 25.2. The molecule has 0 fully saturated rings. The second-order valence-corrected chi connectivity index (χ2v) is 7.61. The molecule has 0 amide bonds. The Bertz CT molecular complexity index is 1150. The molecule has 4 nitrogen and oxygen atoms in total. The molecule has 0 saturated carbocycles. The number of aryl methyl sites for hydroxylation is 1. The Labute approximate surface area is 174 Å². The van der Waals surface area contributed by atoms with Crippen molar-refractivity contribution in [3.63, 3.8) is 0 Å². The van der Waals surface area contributed by atoms with Gasteiger partial charge in [-0.05, 0) is 47.9 Å². The topological polar surface area (TPSA) is 38.8 Å². The lowest BCUT2D eigenvalue weighted by atomic mass is 9.98. The Hall–Kier alpha value is -3.44. The summed E-state index contributed by atoms with van der Waals surface area (Å²) in [4.78, 5) is 15.2. The van der Waals surface area contributed by atoms with Crippen LogP contribution in [-0.2, 0) is 13.1 Å². The number of carbonyl (C=O) groups excluding carboxylic acids is 1. The second kappa shape index (κ2) is 7.43. The molecule has 0 bridgehead atoms. The van der Waals surface area contributed by atoms with Crippen LogP contribution in [0.15, 0.2) is 66.4 Å². The van der Waals surface area contributed by atoms with Crippen molar-refractivity contribution in [2.75, 3.05) is 6.73 Å². The summed E-state index contributed by atoms with van der Waals surface area (Å²) in [6.07, 6.45) is 1.65. The molecule has 3 aromatic rings. The number of halogens is 1. The van der Waals surface area contributed by atoms with Gasteiger partial charge in [0.2, 0.25) is 5.78 Å². The predicted molar refractivity (Wildman–Crippen MR) is 112 cm³/mol. The molecular formula is C25H20FNO3. The molecule has 0 N–H and O–H groups in total.